The van der Waals surface area contributed by atoms with Gasteiger partial charge < -0.3 is 20.0 Å². The molecule has 3 rings (SSSR count). The zero-order valence-corrected chi connectivity index (χ0v) is 21.4. The summed E-state index contributed by atoms with van der Waals surface area (Å²) in [4.78, 5) is 40.8. The predicted octanol–water partition coefficient (Wildman–Crippen LogP) is 5.01. The number of likely N-dealkylation sites (tertiary alicyclic amines) is 1. The van der Waals surface area contributed by atoms with Crippen molar-refractivity contribution in [1.82, 2.24) is 9.80 Å². The number of carbonyl (C=O) groups is 2. The molecule has 1 amide bonds. The van der Waals surface area contributed by atoms with Gasteiger partial charge in [0, 0.05) is 24.2 Å². The summed E-state index contributed by atoms with van der Waals surface area (Å²) in [6.45, 7) is 7.33. The quantitative estimate of drug-likeness (QED) is 0.128. The molecule has 0 saturated carbocycles. The number of non-ortho nitro benzene ring substituents is 1. The van der Waals surface area contributed by atoms with Gasteiger partial charge in [-0.2, -0.15) is 0 Å². The fourth-order valence-corrected chi connectivity index (χ4v) is 4.60. The lowest BCUT2D eigenvalue weighted by Gasteiger charge is -2.27. The SMILES string of the molecule is CCCCN(CCCC)CCCN1C(=O)C(=O)C(=C(O)c2cccc([N+](=O)[O-])c2)[C@@H]1c1ccc(O)cc1. The molecule has 1 fully saturated rings. The van der Waals surface area contributed by atoms with Crippen molar-refractivity contribution < 1.29 is 24.7 Å². The van der Waals surface area contributed by atoms with Gasteiger partial charge in [0.25, 0.3) is 17.4 Å². The third kappa shape index (κ3) is 6.74. The molecule has 2 aromatic rings. The lowest BCUT2D eigenvalue weighted by molar-refractivity contribution is -0.384. The van der Waals surface area contributed by atoms with Crippen LogP contribution in [0.4, 0.5) is 5.69 Å². The number of carbonyl (C=O) groups excluding carboxylic acids is 2. The zero-order valence-electron chi connectivity index (χ0n) is 21.4. The molecule has 198 valence electrons. The van der Waals surface area contributed by atoms with E-state index in [1.54, 1.807) is 12.1 Å². The number of unbranched alkanes of at least 4 members (excludes halogenated alkanes) is 2. The van der Waals surface area contributed by atoms with Crippen molar-refractivity contribution >= 4 is 23.1 Å². The number of aromatic hydroxyl groups is 1. The normalized spacial score (nSPS) is 17.1. The molecule has 0 unspecified atom stereocenters. The molecule has 1 saturated heterocycles. The summed E-state index contributed by atoms with van der Waals surface area (Å²) in [6.07, 6.45) is 5.01. The molecule has 9 nitrogen and oxygen atoms in total. The molecule has 1 aliphatic rings. The van der Waals surface area contributed by atoms with Gasteiger partial charge in [-0.25, -0.2) is 0 Å². The third-order valence-corrected chi connectivity index (χ3v) is 6.61. The largest absolute Gasteiger partial charge is 0.508 e. The van der Waals surface area contributed by atoms with E-state index in [2.05, 4.69) is 18.7 Å². The number of phenolic OH excluding ortho intramolecular Hbond substituents is 1. The molecule has 0 aliphatic carbocycles. The highest BCUT2D eigenvalue weighted by atomic mass is 16.6. The Hall–Kier alpha value is -3.72. The summed E-state index contributed by atoms with van der Waals surface area (Å²) in [5.41, 5.74) is 0.280. The number of nitro groups is 1. The van der Waals surface area contributed by atoms with Crippen LogP contribution in [0.25, 0.3) is 5.76 Å². The van der Waals surface area contributed by atoms with Crippen molar-refractivity contribution in [2.75, 3.05) is 26.2 Å². The molecule has 0 aromatic heterocycles. The second kappa shape index (κ2) is 13.0. The number of aliphatic hydroxyl groups is 1. The van der Waals surface area contributed by atoms with Crippen LogP contribution in [0.15, 0.2) is 54.1 Å². The fraction of sp³-hybridized carbons (Fsp3) is 0.429. The Labute approximate surface area is 217 Å². The molecule has 9 heteroatoms. The van der Waals surface area contributed by atoms with E-state index in [-0.39, 0.29) is 22.6 Å². The number of ketones is 1. The first kappa shape index (κ1) is 27.9. The van der Waals surface area contributed by atoms with Gasteiger partial charge in [-0.05, 0) is 56.6 Å². The first-order valence-electron chi connectivity index (χ1n) is 12.8. The van der Waals surface area contributed by atoms with E-state index >= 15 is 0 Å². The number of hydrogen-bond acceptors (Lipinski definition) is 7. The van der Waals surface area contributed by atoms with Crippen LogP contribution in [-0.4, -0.2) is 62.8 Å². The van der Waals surface area contributed by atoms with Gasteiger partial charge in [0.2, 0.25) is 0 Å². The number of nitro benzene ring substituents is 1. The number of amides is 1. The maximum atomic E-state index is 13.2. The van der Waals surface area contributed by atoms with Gasteiger partial charge >= 0.3 is 0 Å². The molecular weight excluding hydrogens is 474 g/mol. The zero-order chi connectivity index (χ0) is 26.9. The predicted molar refractivity (Wildman–Crippen MR) is 141 cm³/mol. The van der Waals surface area contributed by atoms with E-state index in [1.807, 2.05) is 0 Å². The molecule has 2 N–H and O–H groups in total. The first-order chi connectivity index (χ1) is 17.8. The Morgan fingerprint density at radius 3 is 2.22 bits per heavy atom. The van der Waals surface area contributed by atoms with Crippen LogP contribution in [0.1, 0.15) is 63.1 Å². The molecule has 1 atom stereocenters. The summed E-state index contributed by atoms with van der Waals surface area (Å²) in [7, 11) is 0. The van der Waals surface area contributed by atoms with E-state index < -0.39 is 28.4 Å². The lowest BCUT2D eigenvalue weighted by atomic mass is 9.95. The van der Waals surface area contributed by atoms with Gasteiger partial charge in [0.1, 0.15) is 11.5 Å². The molecule has 0 bridgehead atoms. The monoisotopic (exact) mass is 509 g/mol. The Balaban J connectivity index is 1.95. The van der Waals surface area contributed by atoms with E-state index in [9.17, 15) is 29.9 Å². The summed E-state index contributed by atoms with van der Waals surface area (Å²) in [6, 6.07) is 10.6. The van der Waals surface area contributed by atoms with Crippen molar-refractivity contribution in [2.24, 2.45) is 0 Å². The standard InChI is InChI=1S/C28H35N3O6/c1-3-5-15-29(16-6-4-2)17-8-18-30-25(20-11-13-23(32)14-12-20)24(27(34)28(30)35)26(33)21-9-7-10-22(19-21)31(36)37/h7,9-14,19,25,32-33H,3-6,8,15-18H2,1-2H3/t25-/m0/s1. The van der Waals surface area contributed by atoms with Crippen molar-refractivity contribution in [3.05, 3.63) is 75.3 Å². The summed E-state index contributed by atoms with van der Waals surface area (Å²) < 4.78 is 0. The summed E-state index contributed by atoms with van der Waals surface area (Å²) in [5.74, 6) is -1.99. The van der Waals surface area contributed by atoms with Crippen LogP contribution in [0.2, 0.25) is 0 Å². The number of nitrogens with zero attached hydrogens (tertiary/aromatic N) is 3. The first-order valence-corrected chi connectivity index (χ1v) is 12.8. The minimum atomic E-state index is -0.875. The van der Waals surface area contributed by atoms with Crippen molar-refractivity contribution in [3.63, 3.8) is 0 Å². The van der Waals surface area contributed by atoms with E-state index in [1.165, 1.54) is 41.3 Å². The molecule has 37 heavy (non-hydrogen) atoms. The minimum Gasteiger partial charge on any atom is -0.508 e. The van der Waals surface area contributed by atoms with Crippen molar-refractivity contribution in [3.8, 4) is 5.75 Å². The minimum absolute atomic E-state index is 0.0295. The highest BCUT2D eigenvalue weighted by Crippen LogP contribution is 2.40. The van der Waals surface area contributed by atoms with Crippen LogP contribution in [-0.2, 0) is 9.59 Å². The topological polar surface area (TPSA) is 124 Å². The second-order valence-corrected chi connectivity index (χ2v) is 9.29. The number of hydrogen-bond donors (Lipinski definition) is 2. The van der Waals surface area contributed by atoms with E-state index in [4.69, 9.17) is 0 Å². The molecule has 0 spiro atoms. The molecule has 1 aliphatic heterocycles. The van der Waals surface area contributed by atoms with Crippen LogP contribution in [0.3, 0.4) is 0 Å². The Morgan fingerprint density at radius 2 is 1.62 bits per heavy atom. The van der Waals surface area contributed by atoms with Crippen molar-refractivity contribution in [2.45, 2.75) is 52.0 Å². The average Bonchev–Trinajstić information content (AvgIpc) is 3.15. The molecular formula is C28H35N3O6. The number of Topliss-reactive ketones (excluding diaryl/α,β-unsaturated/α-hetero) is 1. The Kier molecular flexibility index (Phi) is 9.79. The highest BCUT2D eigenvalue weighted by Gasteiger charge is 2.45. The van der Waals surface area contributed by atoms with Gasteiger partial charge in [0.15, 0.2) is 0 Å². The van der Waals surface area contributed by atoms with Crippen LogP contribution >= 0.6 is 0 Å². The summed E-state index contributed by atoms with van der Waals surface area (Å²) in [5, 5.41) is 32.1. The van der Waals surface area contributed by atoms with Crippen LogP contribution in [0.5, 0.6) is 5.75 Å². The molecule has 0 radical (unpaired) electrons. The smallest absolute Gasteiger partial charge is 0.295 e. The van der Waals surface area contributed by atoms with Crippen LogP contribution < -0.4 is 0 Å². The van der Waals surface area contributed by atoms with Gasteiger partial charge in [-0.1, -0.05) is 51.0 Å². The fourth-order valence-electron chi connectivity index (χ4n) is 4.60. The van der Waals surface area contributed by atoms with E-state index in [0.717, 1.165) is 45.3 Å². The maximum absolute atomic E-state index is 13.2. The van der Waals surface area contributed by atoms with Crippen molar-refractivity contribution in [1.29, 1.82) is 0 Å². The second-order valence-electron chi connectivity index (χ2n) is 9.29. The van der Waals surface area contributed by atoms with Gasteiger partial charge in [0.05, 0.1) is 16.5 Å². The molecule has 2 aromatic carbocycles. The number of rotatable bonds is 13. The maximum Gasteiger partial charge on any atom is 0.295 e. The van der Waals surface area contributed by atoms with E-state index in [0.29, 0.717) is 18.5 Å². The van der Waals surface area contributed by atoms with Gasteiger partial charge in [-0.15, -0.1) is 0 Å². The number of aliphatic hydroxyl groups excluding tert-OH is 1. The third-order valence-electron chi connectivity index (χ3n) is 6.61. The Morgan fingerprint density at radius 1 is 1.00 bits per heavy atom. The van der Waals surface area contributed by atoms with Gasteiger partial charge in [-0.3, -0.25) is 19.7 Å². The molecule has 1 heterocycles. The Bertz CT molecular complexity index is 1140. The van der Waals surface area contributed by atoms with Crippen LogP contribution in [0, 0.1) is 10.1 Å². The summed E-state index contributed by atoms with van der Waals surface area (Å²) >= 11 is 0. The number of phenols is 1. The average molecular weight is 510 g/mol. The highest BCUT2D eigenvalue weighted by molar-refractivity contribution is 6.46. The number of benzene rings is 2. The lowest BCUT2D eigenvalue weighted by Crippen LogP contribution is -2.34.